The van der Waals surface area contributed by atoms with E-state index < -0.39 is 0 Å². The van der Waals surface area contributed by atoms with E-state index in [4.69, 9.17) is 22.1 Å². The van der Waals surface area contributed by atoms with Crippen molar-refractivity contribution in [2.75, 3.05) is 17.7 Å². The van der Waals surface area contributed by atoms with Crippen LogP contribution in [0, 0.1) is 12.7 Å². The van der Waals surface area contributed by atoms with E-state index in [9.17, 15) is 9.18 Å². The third kappa shape index (κ3) is 4.10. The van der Waals surface area contributed by atoms with Crippen LogP contribution >= 0.6 is 11.6 Å². The Bertz CT molecular complexity index is 677. The first kappa shape index (κ1) is 15.1. The van der Waals surface area contributed by atoms with Gasteiger partial charge >= 0.3 is 0 Å². The molecule has 0 atom stereocenters. The number of anilines is 2. The minimum Gasteiger partial charge on any atom is -0.483 e. The van der Waals surface area contributed by atoms with Crippen LogP contribution in [0.15, 0.2) is 36.4 Å². The van der Waals surface area contributed by atoms with Gasteiger partial charge in [-0.25, -0.2) is 4.39 Å². The summed E-state index contributed by atoms with van der Waals surface area (Å²) in [6.45, 7) is 1.52. The van der Waals surface area contributed by atoms with E-state index in [1.165, 1.54) is 18.2 Å². The first-order valence-corrected chi connectivity index (χ1v) is 6.57. The Balaban J connectivity index is 1.94. The highest BCUT2D eigenvalue weighted by molar-refractivity contribution is 6.33. The number of carbonyl (C=O) groups is 1. The van der Waals surface area contributed by atoms with Crippen molar-refractivity contribution < 1.29 is 13.9 Å². The molecule has 0 aromatic heterocycles. The second kappa shape index (κ2) is 6.45. The third-order valence-electron chi connectivity index (χ3n) is 2.78. The molecular formula is C15H14ClFN2O2. The van der Waals surface area contributed by atoms with Gasteiger partial charge in [0, 0.05) is 5.69 Å². The van der Waals surface area contributed by atoms with Gasteiger partial charge < -0.3 is 15.8 Å². The van der Waals surface area contributed by atoms with Crippen LogP contribution in [0.4, 0.5) is 15.8 Å². The summed E-state index contributed by atoms with van der Waals surface area (Å²) >= 11 is 5.80. The number of aryl methyl sites for hydroxylation is 1. The Morgan fingerprint density at radius 1 is 1.33 bits per heavy atom. The van der Waals surface area contributed by atoms with Crippen LogP contribution in [0.2, 0.25) is 5.02 Å². The van der Waals surface area contributed by atoms with Crippen LogP contribution in [0.3, 0.4) is 0 Å². The van der Waals surface area contributed by atoms with Gasteiger partial charge in [0.1, 0.15) is 11.6 Å². The molecule has 3 N–H and O–H groups in total. The summed E-state index contributed by atoms with van der Waals surface area (Å²) in [5.74, 6) is -0.233. The summed E-state index contributed by atoms with van der Waals surface area (Å²) in [6, 6.07) is 8.89. The lowest BCUT2D eigenvalue weighted by atomic mass is 10.2. The van der Waals surface area contributed by atoms with E-state index in [0.29, 0.717) is 27.7 Å². The highest BCUT2D eigenvalue weighted by atomic mass is 35.5. The largest absolute Gasteiger partial charge is 0.483 e. The molecule has 0 saturated heterocycles. The summed E-state index contributed by atoms with van der Waals surface area (Å²) in [5, 5.41) is 3.06. The zero-order chi connectivity index (χ0) is 15.4. The molecule has 21 heavy (non-hydrogen) atoms. The van der Waals surface area contributed by atoms with Crippen LogP contribution in [-0.2, 0) is 4.79 Å². The average Bonchev–Trinajstić information content (AvgIpc) is 2.42. The van der Waals surface area contributed by atoms with Crippen molar-refractivity contribution in [3.8, 4) is 5.75 Å². The molecule has 0 saturated carbocycles. The van der Waals surface area contributed by atoms with Crippen LogP contribution in [-0.4, -0.2) is 12.5 Å². The van der Waals surface area contributed by atoms with E-state index in [1.54, 1.807) is 25.1 Å². The van der Waals surface area contributed by atoms with Crippen molar-refractivity contribution in [3.05, 3.63) is 52.8 Å². The van der Waals surface area contributed by atoms with Crippen molar-refractivity contribution in [2.45, 2.75) is 6.92 Å². The van der Waals surface area contributed by atoms with E-state index >= 15 is 0 Å². The molecule has 6 heteroatoms. The summed E-state index contributed by atoms with van der Waals surface area (Å²) in [4.78, 5) is 11.8. The van der Waals surface area contributed by atoms with Crippen LogP contribution < -0.4 is 15.8 Å². The minimum atomic E-state index is -0.347. The highest BCUT2D eigenvalue weighted by Crippen LogP contribution is 2.22. The lowest BCUT2D eigenvalue weighted by Crippen LogP contribution is -2.20. The number of nitrogens with one attached hydrogen (secondary N) is 1. The standard InChI is InChI=1S/C15H14ClFN2O2/c1-9-6-10(17)2-5-14(9)21-8-15(20)19-11-3-4-12(16)13(18)7-11/h2-7H,8,18H2,1H3,(H,19,20). The number of hydrogen-bond acceptors (Lipinski definition) is 3. The second-order valence-corrected chi connectivity index (χ2v) is 4.89. The summed E-state index contributed by atoms with van der Waals surface area (Å²) in [6.07, 6.45) is 0. The molecule has 0 bridgehead atoms. The minimum absolute atomic E-state index is 0.186. The predicted octanol–water partition coefficient (Wildman–Crippen LogP) is 3.39. The van der Waals surface area contributed by atoms with Gasteiger partial charge in [-0.2, -0.15) is 0 Å². The SMILES string of the molecule is Cc1cc(F)ccc1OCC(=O)Nc1ccc(Cl)c(N)c1. The molecule has 2 aromatic rings. The lowest BCUT2D eigenvalue weighted by Gasteiger charge is -2.10. The van der Waals surface area contributed by atoms with Gasteiger partial charge in [-0.15, -0.1) is 0 Å². The molecule has 0 fully saturated rings. The van der Waals surface area contributed by atoms with Crippen molar-refractivity contribution >= 4 is 28.9 Å². The van der Waals surface area contributed by atoms with E-state index in [-0.39, 0.29) is 18.3 Å². The van der Waals surface area contributed by atoms with Crippen LogP contribution in [0.1, 0.15) is 5.56 Å². The number of nitrogen functional groups attached to an aromatic ring is 1. The maximum Gasteiger partial charge on any atom is 0.262 e. The molecule has 0 spiro atoms. The fourth-order valence-corrected chi connectivity index (χ4v) is 1.85. The zero-order valence-electron chi connectivity index (χ0n) is 11.3. The number of rotatable bonds is 4. The number of ether oxygens (including phenoxy) is 1. The smallest absolute Gasteiger partial charge is 0.262 e. The third-order valence-corrected chi connectivity index (χ3v) is 3.12. The van der Waals surface area contributed by atoms with Gasteiger partial charge in [-0.1, -0.05) is 11.6 Å². The molecule has 2 aromatic carbocycles. The Kier molecular flexibility index (Phi) is 4.65. The molecule has 110 valence electrons. The number of nitrogens with two attached hydrogens (primary N) is 1. The van der Waals surface area contributed by atoms with Crippen molar-refractivity contribution in [3.63, 3.8) is 0 Å². The van der Waals surface area contributed by atoms with Crippen molar-refractivity contribution in [2.24, 2.45) is 0 Å². The molecule has 0 unspecified atom stereocenters. The topological polar surface area (TPSA) is 64.3 Å². The highest BCUT2D eigenvalue weighted by Gasteiger charge is 2.07. The van der Waals surface area contributed by atoms with Gasteiger partial charge in [0.05, 0.1) is 10.7 Å². The van der Waals surface area contributed by atoms with E-state index in [2.05, 4.69) is 5.32 Å². The van der Waals surface area contributed by atoms with E-state index in [1.807, 2.05) is 0 Å². The number of benzene rings is 2. The van der Waals surface area contributed by atoms with Crippen LogP contribution in [0.5, 0.6) is 5.75 Å². The zero-order valence-corrected chi connectivity index (χ0v) is 12.1. The normalized spacial score (nSPS) is 10.2. The Morgan fingerprint density at radius 2 is 2.10 bits per heavy atom. The molecular weight excluding hydrogens is 295 g/mol. The predicted molar refractivity (Wildman–Crippen MR) is 81.1 cm³/mol. The summed E-state index contributed by atoms with van der Waals surface area (Å²) in [5.41, 5.74) is 7.18. The monoisotopic (exact) mass is 308 g/mol. The van der Waals surface area contributed by atoms with Gasteiger partial charge in [-0.3, -0.25) is 4.79 Å². The Hall–Kier alpha value is -2.27. The Morgan fingerprint density at radius 3 is 2.76 bits per heavy atom. The molecule has 0 aliphatic carbocycles. The van der Waals surface area contributed by atoms with Crippen molar-refractivity contribution in [1.29, 1.82) is 0 Å². The molecule has 0 radical (unpaired) electrons. The molecule has 0 aliphatic heterocycles. The fraction of sp³-hybridized carbons (Fsp3) is 0.133. The van der Waals surface area contributed by atoms with Crippen LogP contribution in [0.25, 0.3) is 0 Å². The first-order chi connectivity index (χ1) is 9.95. The molecule has 4 nitrogen and oxygen atoms in total. The quantitative estimate of drug-likeness (QED) is 0.851. The van der Waals surface area contributed by atoms with Gasteiger partial charge in [0.15, 0.2) is 6.61 Å². The maximum absolute atomic E-state index is 12.9. The molecule has 0 aliphatic rings. The van der Waals surface area contributed by atoms with Gasteiger partial charge in [-0.05, 0) is 48.9 Å². The molecule has 1 amide bonds. The first-order valence-electron chi connectivity index (χ1n) is 6.19. The number of halogens is 2. The van der Waals surface area contributed by atoms with Gasteiger partial charge in [0.25, 0.3) is 5.91 Å². The number of amides is 1. The fourth-order valence-electron chi connectivity index (χ4n) is 1.74. The Labute approximate surface area is 126 Å². The number of hydrogen-bond donors (Lipinski definition) is 2. The average molecular weight is 309 g/mol. The molecule has 2 rings (SSSR count). The summed E-state index contributed by atoms with van der Waals surface area (Å²) in [7, 11) is 0. The molecule has 0 heterocycles. The summed E-state index contributed by atoms with van der Waals surface area (Å²) < 4.78 is 18.3. The number of carbonyl (C=O) groups excluding carboxylic acids is 1. The maximum atomic E-state index is 12.9. The lowest BCUT2D eigenvalue weighted by molar-refractivity contribution is -0.118. The second-order valence-electron chi connectivity index (χ2n) is 4.48. The van der Waals surface area contributed by atoms with Gasteiger partial charge in [0.2, 0.25) is 0 Å². The van der Waals surface area contributed by atoms with E-state index in [0.717, 1.165) is 0 Å². The van der Waals surface area contributed by atoms with Crippen molar-refractivity contribution in [1.82, 2.24) is 0 Å².